The van der Waals surface area contributed by atoms with Crippen LogP contribution in [0.25, 0.3) is 89.6 Å². The Morgan fingerprint density at radius 1 is 0.447 bits per heavy atom. The summed E-state index contributed by atoms with van der Waals surface area (Å²) in [6.45, 7) is 18.5. The second-order valence-corrected chi connectivity index (χ2v) is 18.7. The van der Waals surface area contributed by atoms with E-state index >= 15 is 0 Å². The van der Waals surface area contributed by atoms with E-state index in [9.17, 15) is 0 Å². The van der Waals surface area contributed by atoms with Crippen molar-refractivity contribution in [2.24, 2.45) is 0 Å². The molecule has 2 heterocycles. The average Bonchev–Trinajstić information content (AvgIpc) is 4.23. The van der Waals surface area contributed by atoms with Gasteiger partial charge in [-0.2, -0.15) is 0 Å². The lowest BCUT2D eigenvalue weighted by Crippen LogP contribution is -2.06. The summed E-state index contributed by atoms with van der Waals surface area (Å²) in [7, 11) is 0. The van der Waals surface area contributed by atoms with Crippen molar-refractivity contribution in [3.63, 3.8) is 0 Å². The molecule has 0 fully saturated rings. The molecule has 364 valence electrons. The van der Waals surface area contributed by atoms with E-state index in [1.54, 1.807) is 10.8 Å². The van der Waals surface area contributed by atoms with Gasteiger partial charge in [0.05, 0.1) is 23.8 Å². The lowest BCUT2D eigenvalue weighted by molar-refractivity contribution is 0.811. The number of aromatic nitrogens is 6. The maximum Gasteiger partial charge on any atom is 0.113 e. The maximum absolute atomic E-state index is 4.88. The van der Waals surface area contributed by atoms with Crippen molar-refractivity contribution in [3.05, 3.63) is 315 Å². The number of hydrogen-bond acceptors (Lipinski definition) is 4. The molecule has 0 aliphatic heterocycles. The molecule has 8 aromatic carbocycles. The van der Waals surface area contributed by atoms with Gasteiger partial charge in [-0.15, -0.1) is 10.2 Å². The lowest BCUT2D eigenvalue weighted by atomic mass is 9.80. The number of benzene rings is 8. The van der Waals surface area contributed by atoms with Crippen molar-refractivity contribution < 1.29 is 0 Å². The first kappa shape index (κ1) is 48.2. The first-order chi connectivity index (χ1) is 37.4. The molecular formula is C70H54N6. The fraction of sp³-hybridized carbons (Fsp3) is 0.0286. The molecule has 0 radical (unpaired) electrons. The SMILES string of the molecule is C=CC(=CC(=C)C(=C)C(=C(C(=C)C1=CC(n2cc(-c3cc(-c4ccccc4)cc(-c4ccccc4)c3)nn2)=CCC1)c1ccccc1)c1ccccc1)n1cc(-c2cc(-c3ccccc3)cc(-c3ccccc3)c2)nn1. The van der Waals surface area contributed by atoms with Crippen LogP contribution >= 0.6 is 0 Å². The summed E-state index contributed by atoms with van der Waals surface area (Å²) in [5.41, 5.74) is 21.2. The van der Waals surface area contributed by atoms with E-state index in [1.165, 1.54) is 0 Å². The minimum Gasteiger partial charge on any atom is -0.220 e. The minimum absolute atomic E-state index is 0.685. The summed E-state index contributed by atoms with van der Waals surface area (Å²) < 4.78 is 3.63. The van der Waals surface area contributed by atoms with Gasteiger partial charge in [0.2, 0.25) is 0 Å². The van der Waals surface area contributed by atoms with E-state index in [1.807, 2.05) is 59.5 Å². The Labute approximate surface area is 445 Å². The third-order valence-corrected chi connectivity index (χ3v) is 13.8. The topological polar surface area (TPSA) is 61.4 Å². The van der Waals surface area contributed by atoms with Gasteiger partial charge in [0.1, 0.15) is 11.4 Å². The van der Waals surface area contributed by atoms with E-state index < -0.39 is 0 Å². The summed E-state index contributed by atoms with van der Waals surface area (Å²) in [5, 5.41) is 18.8. The molecule has 0 spiro atoms. The Hall–Kier alpha value is -10.0. The molecule has 0 atom stereocenters. The molecule has 0 unspecified atom stereocenters. The molecule has 0 saturated heterocycles. The highest BCUT2D eigenvalue weighted by Crippen LogP contribution is 2.43. The van der Waals surface area contributed by atoms with Crippen molar-refractivity contribution in [1.82, 2.24) is 30.0 Å². The van der Waals surface area contributed by atoms with Crippen LogP contribution in [0.3, 0.4) is 0 Å². The monoisotopic (exact) mass is 978 g/mol. The molecule has 11 rings (SSSR count). The zero-order chi connectivity index (χ0) is 51.8. The summed E-state index contributed by atoms with van der Waals surface area (Å²) in [5.74, 6) is 0. The second kappa shape index (κ2) is 22.0. The van der Waals surface area contributed by atoms with Crippen LogP contribution in [0.15, 0.2) is 304 Å². The van der Waals surface area contributed by atoms with Crippen LogP contribution in [0, 0.1) is 0 Å². The maximum atomic E-state index is 4.88. The van der Waals surface area contributed by atoms with Crippen LogP contribution in [0.2, 0.25) is 0 Å². The first-order valence-corrected chi connectivity index (χ1v) is 25.4. The summed E-state index contributed by atoms with van der Waals surface area (Å²) in [6.07, 6.45) is 13.7. The van der Waals surface area contributed by atoms with Crippen molar-refractivity contribution in [2.75, 3.05) is 0 Å². The normalized spacial score (nSPS) is 12.8. The third-order valence-electron chi connectivity index (χ3n) is 13.8. The summed E-state index contributed by atoms with van der Waals surface area (Å²) >= 11 is 0. The predicted octanol–water partition coefficient (Wildman–Crippen LogP) is 17.4. The first-order valence-electron chi connectivity index (χ1n) is 25.4. The van der Waals surface area contributed by atoms with Gasteiger partial charge in [-0.05, 0) is 157 Å². The van der Waals surface area contributed by atoms with Crippen LogP contribution in [0.5, 0.6) is 0 Å². The van der Waals surface area contributed by atoms with Gasteiger partial charge < -0.3 is 0 Å². The summed E-state index contributed by atoms with van der Waals surface area (Å²) in [4.78, 5) is 0. The Kier molecular flexibility index (Phi) is 14.0. The molecule has 0 N–H and O–H groups in total. The van der Waals surface area contributed by atoms with Gasteiger partial charge >= 0.3 is 0 Å². The molecule has 0 saturated carbocycles. The largest absolute Gasteiger partial charge is 0.220 e. The van der Waals surface area contributed by atoms with Crippen LogP contribution < -0.4 is 0 Å². The van der Waals surface area contributed by atoms with E-state index in [0.29, 0.717) is 11.3 Å². The quantitative estimate of drug-likeness (QED) is 0.0715. The highest BCUT2D eigenvalue weighted by molar-refractivity contribution is 6.07. The predicted molar refractivity (Wildman–Crippen MR) is 316 cm³/mol. The molecule has 6 heteroatoms. The lowest BCUT2D eigenvalue weighted by Gasteiger charge is -2.24. The van der Waals surface area contributed by atoms with E-state index in [0.717, 1.165) is 125 Å². The molecule has 10 aromatic rings. The Morgan fingerprint density at radius 2 is 0.855 bits per heavy atom. The highest BCUT2D eigenvalue weighted by atomic mass is 15.4. The van der Waals surface area contributed by atoms with Gasteiger partial charge in [0.15, 0.2) is 0 Å². The molecule has 1 aliphatic carbocycles. The molecule has 2 aromatic heterocycles. The van der Waals surface area contributed by atoms with Crippen molar-refractivity contribution in [2.45, 2.75) is 12.8 Å². The Balaban J connectivity index is 0.935. The fourth-order valence-electron chi connectivity index (χ4n) is 9.82. The van der Waals surface area contributed by atoms with Crippen LogP contribution in [0.1, 0.15) is 24.0 Å². The molecular weight excluding hydrogens is 925 g/mol. The standard InChI is InChI=1S/C70H54N6/c1-5-65(75-47-67(71-73-75)63-42-59(52-25-12-6-13-26-52)40-60(43-63)53-27-14-7-15-28-53)39-49(2)50(3)69(56-33-20-10-21-34-56)70(57-35-22-11-23-36-57)51(4)58-37-24-38-66(46-58)76-48-68(72-74-76)64-44-61(54-29-16-8-17-30-54)41-62(45-64)55-31-18-9-19-32-55/h5-23,25-36,38-48H,1-4,24,37H2. The second-order valence-electron chi connectivity index (χ2n) is 18.7. The van der Waals surface area contributed by atoms with Crippen LogP contribution in [-0.2, 0) is 0 Å². The van der Waals surface area contributed by atoms with Gasteiger partial charge in [-0.3, -0.25) is 0 Å². The highest BCUT2D eigenvalue weighted by Gasteiger charge is 2.23. The van der Waals surface area contributed by atoms with Gasteiger partial charge in [-0.25, -0.2) is 9.36 Å². The van der Waals surface area contributed by atoms with Crippen LogP contribution in [0.4, 0.5) is 0 Å². The molecule has 0 amide bonds. The van der Waals surface area contributed by atoms with Crippen molar-refractivity contribution >= 4 is 22.5 Å². The van der Waals surface area contributed by atoms with Gasteiger partial charge in [-0.1, -0.05) is 225 Å². The summed E-state index contributed by atoms with van der Waals surface area (Å²) in [6, 6.07) is 75.7. The Morgan fingerprint density at radius 3 is 1.32 bits per heavy atom. The smallest absolute Gasteiger partial charge is 0.113 e. The third kappa shape index (κ3) is 10.4. The van der Waals surface area contributed by atoms with E-state index in [2.05, 4.69) is 213 Å². The van der Waals surface area contributed by atoms with Crippen molar-refractivity contribution in [1.29, 1.82) is 0 Å². The molecule has 76 heavy (non-hydrogen) atoms. The molecule has 6 nitrogen and oxygen atoms in total. The number of hydrogen-bond donors (Lipinski definition) is 0. The molecule has 1 aliphatic rings. The number of rotatable bonds is 16. The zero-order valence-electron chi connectivity index (χ0n) is 42.2. The average molecular weight is 979 g/mol. The van der Waals surface area contributed by atoms with Crippen LogP contribution in [-0.4, -0.2) is 30.0 Å². The fourth-order valence-corrected chi connectivity index (χ4v) is 9.82. The van der Waals surface area contributed by atoms with E-state index in [4.69, 9.17) is 28.6 Å². The Bertz CT molecular complexity index is 3780. The van der Waals surface area contributed by atoms with Crippen molar-refractivity contribution in [3.8, 4) is 67.0 Å². The minimum atomic E-state index is 0.685. The van der Waals surface area contributed by atoms with Gasteiger partial charge in [0.25, 0.3) is 0 Å². The number of allylic oxidation sites excluding steroid dienone is 12. The number of nitrogens with zero attached hydrogens (tertiary/aromatic N) is 6. The molecule has 0 bridgehead atoms. The van der Waals surface area contributed by atoms with E-state index in [-0.39, 0.29) is 0 Å². The zero-order valence-corrected chi connectivity index (χ0v) is 42.2. The van der Waals surface area contributed by atoms with Gasteiger partial charge in [0, 0.05) is 11.1 Å².